The zero-order valence-corrected chi connectivity index (χ0v) is 11.5. The second kappa shape index (κ2) is 6.21. The van der Waals surface area contributed by atoms with Crippen LogP contribution in [0.25, 0.3) is 0 Å². The molecule has 1 heterocycles. The number of nitrogens with zero attached hydrogens (tertiary/aromatic N) is 2. The number of aromatic nitrogens is 2. The van der Waals surface area contributed by atoms with Gasteiger partial charge in [0.1, 0.15) is 11.6 Å². The Kier molecular flexibility index (Phi) is 4.91. The van der Waals surface area contributed by atoms with Gasteiger partial charge in [-0.1, -0.05) is 0 Å². The van der Waals surface area contributed by atoms with E-state index in [4.69, 9.17) is 4.74 Å². The number of esters is 1. The minimum Gasteiger partial charge on any atom is -0.467 e. The van der Waals surface area contributed by atoms with Crippen LogP contribution in [0.4, 0.5) is 4.79 Å². The summed E-state index contributed by atoms with van der Waals surface area (Å²) >= 11 is 0. The fraction of sp³-hybridized carbons (Fsp3) is 0.583. The second-order valence-corrected chi connectivity index (χ2v) is 4.98. The number of hydrogen-bond acceptors (Lipinski definition) is 5. The van der Waals surface area contributed by atoms with Gasteiger partial charge in [0, 0.05) is 12.4 Å². The van der Waals surface area contributed by atoms with E-state index < -0.39 is 23.7 Å². The molecule has 1 rings (SSSR count). The number of rotatable bonds is 4. The number of imidazole rings is 1. The van der Waals surface area contributed by atoms with Gasteiger partial charge in [0.05, 0.1) is 20.0 Å². The van der Waals surface area contributed by atoms with Crippen LogP contribution in [-0.4, -0.2) is 40.4 Å². The highest BCUT2D eigenvalue weighted by molar-refractivity contribution is 5.81. The maximum Gasteiger partial charge on any atom is 0.408 e. The standard InChI is InChI=1S/C12H19N3O4/c1-12(2,3)19-11(17)14-9(10(16)18-4)7-15-6-5-13-8-15/h5-6,8-9H,7H2,1-4H3,(H,14,17)/t9-/m0/s1. The van der Waals surface area contributed by atoms with Crippen LogP contribution in [0.2, 0.25) is 0 Å². The third-order valence-corrected chi connectivity index (χ3v) is 2.13. The Morgan fingerprint density at radius 1 is 1.42 bits per heavy atom. The first-order valence-electron chi connectivity index (χ1n) is 5.85. The Hall–Kier alpha value is -2.05. The molecule has 0 spiro atoms. The second-order valence-electron chi connectivity index (χ2n) is 4.98. The molecule has 1 aromatic rings. The molecular weight excluding hydrogens is 250 g/mol. The lowest BCUT2D eigenvalue weighted by Gasteiger charge is -2.22. The number of carbonyl (C=O) groups is 2. The lowest BCUT2D eigenvalue weighted by molar-refractivity contribution is -0.143. The molecular formula is C12H19N3O4. The molecule has 0 saturated carbocycles. The Morgan fingerprint density at radius 2 is 2.11 bits per heavy atom. The highest BCUT2D eigenvalue weighted by Gasteiger charge is 2.25. The molecule has 1 amide bonds. The van der Waals surface area contributed by atoms with E-state index >= 15 is 0 Å². The molecule has 0 bridgehead atoms. The van der Waals surface area contributed by atoms with Crippen LogP contribution < -0.4 is 5.32 Å². The molecule has 1 N–H and O–H groups in total. The number of ether oxygens (including phenoxy) is 2. The minimum atomic E-state index is -0.825. The topological polar surface area (TPSA) is 82.5 Å². The van der Waals surface area contributed by atoms with Crippen LogP contribution >= 0.6 is 0 Å². The Bertz CT molecular complexity index is 423. The van der Waals surface area contributed by atoms with Gasteiger partial charge in [-0.3, -0.25) is 0 Å². The average Bonchev–Trinajstić information content (AvgIpc) is 2.77. The van der Waals surface area contributed by atoms with Crippen molar-refractivity contribution < 1.29 is 19.1 Å². The quantitative estimate of drug-likeness (QED) is 0.823. The molecule has 1 aromatic heterocycles. The van der Waals surface area contributed by atoms with E-state index in [-0.39, 0.29) is 6.54 Å². The average molecular weight is 269 g/mol. The lowest BCUT2D eigenvalue weighted by atomic mass is 10.2. The van der Waals surface area contributed by atoms with Crippen molar-refractivity contribution >= 4 is 12.1 Å². The molecule has 0 aromatic carbocycles. The fourth-order valence-corrected chi connectivity index (χ4v) is 1.38. The van der Waals surface area contributed by atoms with Gasteiger partial charge >= 0.3 is 12.1 Å². The summed E-state index contributed by atoms with van der Waals surface area (Å²) in [6, 6.07) is -0.825. The zero-order valence-electron chi connectivity index (χ0n) is 11.5. The van der Waals surface area contributed by atoms with Crippen molar-refractivity contribution in [1.82, 2.24) is 14.9 Å². The van der Waals surface area contributed by atoms with Crippen LogP contribution in [0.5, 0.6) is 0 Å². The van der Waals surface area contributed by atoms with Crippen LogP contribution in [0, 0.1) is 0 Å². The highest BCUT2D eigenvalue weighted by Crippen LogP contribution is 2.07. The highest BCUT2D eigenvalue weighted by atomic mass is 16.6. The van der Waals surface area contributed by atoms with Gasteiger partial charge in [-0.25, -0.2) is 14.6 Å². The molecule has 19 heavy (non-hydrogen) atoms. The largest absolute Gasteiger partial charge is 0.467 e. The molecule has 0 radical (unpaired) electrons. The minimum absolute atomic E-state index is 0.228. The zero-order chi connectivity index (χ0) is 14.5. The summed E-state index contributed by atoms with van der Waals surface area (Å²) in [6.07, 6.45) is 4.16. The predicted molar refractivity (Wildman–Crippen MR) is 67.4 cm³/mol. The van der Waals surface area contributed by atoms with Gasteiger partial charge in [0.2, 0.25) is 0 Å². The van der Waals surface area contributed by atoms with Crippen molar-refractivity contribution in [2.24, 2.45) is 0 Å². The third kappa shape index (κ3) is 5.41. The number of carbonyl (C=O) groups excluding carboxylic acids is 2. The first kappa shape index (κ1) is 15.0. The molecule has 0 saturated heterocycles. The van der Waals surface area contributed by atoms with E-state index in [2.05, 4.69) is 15.0 Å². The number of alkyl carbamates (subject to hydrolysis) is 1. The van der Waals surface area contributed by atoms with E-state index in [1.165, 1.54) is 7.11 Å². The summed E-state index contributed by atoms with van der Waals surface area (Å²) in [5.74, 6) is -0.542. The normalized spacial score (nSPS) is 12.6. The van der Waals surface area contributed by atoms with Crippen molar-refractivity contribution in [2.45, 2.75) is 39.0 Å². The number of amides is 1. The first-order valence-corrected chi connectivity index (χ1v) is 5.85. The maximum absolute atomic E-state index is 11.7. The van der Waals surface area contributed by atoms with Gasteiger partial charge in [0.15, 0.2) is 0 Å². The van der Waals surface area contributed by atoms with Crippen molar-refractivity contribution in [3.8, 4) is 0 Å². The molecule has 0 fully saturated rings. The van der Waals surface area contributed by atoms with Gasteiger partial charge in [-0.05, 0) is 20.8 Å². The van der Waals surface area contributed by atoms with E-state index in [0.717, 1.165) is 0 Å². The predicted octanol–water partition coefficient (Wildman–Crippen LogP) is 0.949. The van der Waals surface area contributed by atoms with Gasteiger partial charge in [-0.15, -0.1) is 0 Å². The smallest absolute Gasteiger partial charge is 0.408 e. The van der Waals surface area contributed by atoms with Gasteiger partial charge in [-0.2, -0.15) is 0 Å². The van der Waals surface area contributed by atoms with Crippen LogP contribution in [0.3, 0.4) is 0 Å². The fourth-order valence-electron chi connectivity index (χ4n) is 1.38. The van der Waals surface area contributed by atoms with E-state index in [9.17, 15) is 9.59 Å². The number of methoxy groups -OCH3 is 1. The van der Waals surface area contributed by atoms with Gasteiger partial charge in [0.25, 0.3) is 0 Å². The Morgan fingerprint density at radius 3 is 2.58 bits per heavy atom. The van der Waals surface area contributed by atoms with E-state index in [1.54, 1.807) is 44.1 Å². The van der Waals surface area contributed by atoms with Gasteiger partial charge < -0.3 is 19.4 Å². The van der Waals surface area contributed by atoms with Crippen molar-refractivity contribution in [3.05, 3.63) is 18.7 Å². The third-order valence-electron chi connectivity index (χ3n) is 2.13. The lowest BCUT2D eigenvalue weighted by Crippen LogP contribution is -2.46. The molecule has 0 unspecified atom stereocenters. The molecule has 0 aliphatic carbocycles. The molecule has 0 aliphatic heterocycles. The van der Waals surface area contributed by atoms with E-state index in [1.807, 2.05) is 0 Å². The molecule has 7 nitrogen and oxygen atoms in total. The monoisotopic (exact) mass is 269 g/mol. The van der Waals surface area contributed by atoms with Crippen LogP contribution in [0.15, 0.2) is 18.7 Å². The molecule has 0 aliphatic rings. The van der Waals surface area contributed by atoms with Crippen LogP contribution in [0.1, 0.15) is 20.8 Å². The summed E-state index contributed by atoms with van der Waals surface area (Å²) in [5.41, 5.74) is -0.625. The molecule has 1 atom stereocenters. The Labute approximate surface area is 111 Å². The molecule has 7 heteroatoms. The van der Waals surface area contributed by atoms with Crippen LogP contribution in [-0.2, 0) is 20.8 Å². The maximum atomic E-state index is 11.7. The van der Waals surface area contributed by atoms with Crippen molar-refractivity contribution in [1.29, 1.82) is 0 Å². The molecule has 106 valence electrons. The first-order chi connectivity index (χ1) is 8.81. The summed E-state index contributed by atoms with van der Waals surface area (Å²) in [7, 11) is 1.26. The Balaban J connectivity index is 2.65. The van der Waals surface area contributed by atoms with E-state index in [0.29, 0.717) is 0 Å². The summed E-state index contributed by atoms with van der Waals surface area (Å²) in [5, 5.41) is 2.48. The SMILES string of the molecule is COC(=O)[C@H](Cn1ccnc1)NC(=O)OC(C)(C)C. The van der Waals surface area contributed by atoms with Crippen molar-refractivity contribution in [2.75, 3.05) is 7.11 Å². The summed E-state index contributed by atoms with van der Waals surface area (Å²) < 4.78 is 11.4. The summed E-state index contributed by atoms with van der Waals surface area (Å²) in [6.45, 7) is 5.46. The number of hydrogen-bond donors (Lipinski definition) is 1. The summed E-state index contributed by atoms with van der Waals surface area (Å²) in [4.78, 5) is 27.1. The number of nitrogens with one attached hydrogen (secondary N) is 1. The van der Waals surface area contributed by atoms with Crippen molar-refractivity contribution in [3.63, 3.8) is 0 Å².